The van der Waals surface area contributed by atoms with E-state index in [0.717, 1.165) is 90.3 Å². The van der Waals surface area contributed by atoms with E-state index in [2.05, 4.69) is 69.2 Å². The molecule has 5 aliphatic rings. The van der Waals surface area contributed by atoms with Crippen molar-refractivity contribution in [3.63, 3.8) is 0 Å². The Hall–Kier alpha value is -2.92. The van der Waals surface area contributed by atoms with E-state index >= 15 is 0 Å². The zero-order chi connectivity index (χ0) is 42.9. The normalized spacial score (nSPS) is 24.8. The minimum absolute atomic E-state index is 0. The molecule has 4 fully saturated rings. The number of benzene rings is 3. The number of fused-ring (bicyclic) bond motifs is 6. The summed E-state index contributed by atoms with van der Waals surface area (Å²) in [6, 6.07) is 22.1. The Labute approximate surface area is 410 Å². The van der Waals surface area contributed by atoms with Gasteiger partial charge in [0.05, 0.1) is 49.2 Å². The molecule has 8 atom stereocenters. The molecule has 0 spiro atoms. The number of guanidine groups is 1. The van der Waals surface area contributed by atoms with Gasteiger partial charge < -0.3 is 51.6 Å². The van der Waals surface area contributed by atoms with Gasteiger partial charge in [-0.25, -0.2) is 0 Å². The van der Waals surface area contributed by atoms with Gasteiger partial charge in [0.15, 0.2) is 11.7 Å². The molecule has 0 radical (unpaired) electrons. The largest absolute Gasteiger partial charge is 1.00 e. The van der Waals surface area contributed by atoms with Gasteiger partial charge in [0.1, 0.15) is 47.3 Å². The van der Waals surface area contributed by atoms with Crippen molar-refractivity contribution in [3.05, 3.63) is 88.4 Å². The van der Waals surface area contributed by atoms with Crippen molar-refractivity contribution in [2.45, 2.75) is 108 Å². The summed E-state index contributed by atoms with van der Waals surface area (Å²) < 4.78 is 21.2. The second-order valence-corrected chi connectivity index (χ2v) is 18.2. The maximum Gasteiger partial charge on any atom is 0.316 e. The number of hydrogen-bond acceptors (Lipinski definition) is 12. The number of Topliss-reactive ketones (excluding diaryl/α,β-unsaturated/α-hetero) is 1. The van der Waals surface area contributed by atoms with Crippen LogP contribution in [-0.4, -0.2) is 124 Å². The number of ether oxygens (including phenoxy) is 2. The van der Waals surface area contributed by atoms with Crippen LogP contribution in [0.4, 0.5) is 5.69 Å². The van der Waals surface area contributed by atoms with Crippen LogP contribution in [0.2, 0.25) is 5.02 Å². The second kappa shape index (κ2) is 25.3. The number of esters is 1. The van der Waals surface area contributed by atoms with Crippen LogP contribution >= 0.6 is 48.1 Å². The number of carbonyl (C=O) groups excluding carboxylic acids is 2. The van der Waals surface area contributed by atoms with E-state index < -0.39 is 5.92 Å². The molecule has 17 heteroatoms. The lowest BCUT2D eigenvalue weighted by Gasteiger charge is -2.48. The minimum Gasteiger partial charge on any atom is -1.00 e. The van der Waals surface area contributed by atoms with E-state index in [-0.39, 0.29) is 72.2 Å². The molecular formula is C47H65BrCl3N7O5S. The number of piperidine rings is 2. The van der Waals surface area contributed by atoms with E-state index in [1.807, 2.05) is 54.6 Å². The van der Waals surface area contributed by atoms with Crippen molar-refractivity contribution in [2.75, 3.05) is 58.2 Å². The Morgan fingerprint density at radius 2 is 1.69 bits per heavy atom. The molecule has 5 aliphatic heterocycles. The van der Waals surface area contributed by atoms with E-state index in [9.17, 15) is 14.7 Å². The van der Waals surface area contributed by atoms with Gasteiger partial charge in [-0.2, -0.15) is 8.75 Å². The summed E-state index contributed by atoms with van der Waals surface area (Å²) in [5.74, 6) is 0.228. The van der Waals surface area contributed by atoms with E-state index in [4.69, 9.17) is 21.1 Å². The highest BCUT2D eigenvalue weighted by atomic mass is 79.9. The molecule has 12 nitrogen and oxygen atoms in total. The maximum absolute atomic E-state index is 12.7. The van der Waals surface area contributed by atoms with Crippen molar-refractivity contribution >= 4 is 82.6 Å². The molecule has 0 aliphatic carbocycles. The van der Waals surface area contributed by atoms with Gasteiger partial charge in [-0.15, -0.1) is 24.8 Å². The van der Waals surface area contributed by atoms with Crippen molar-refractivity contribution < 1.29 is 45.6 Å². The summed E-state index contributed by atoms with van der Waals surface area (Å²) in [5.41, 5.74) is 5.36. The topological polar surface area (TPSA) is 142 Å². The number of halogens is 4. The number of aliphatic hydroxyl groups is 1. The summed E-state index contributed by atoms with van der Waals surface area (Å²) in [6.45, 7) is 12.3. The standard InChI is InChI=1S/C21H30NO4.C17H25NO.C9H8ClN5S.BrH.2ClH/c1-3-4-10-22(2)17-11-15(12-18(22)20-19(17)26-20)25-21(24)16(13-23)14-8-6-5-7-9-14;1-3-15-7-9-16(10-8-15)17(19)14(2)13-18-11-5-4-6-12-18;10-5-1-2-6-8(15-16-14-6)7(5)13-9-11-3-4-12-9;;;/h5-9,15-20,23H,3-4,10-13H2,1-2H3;7-10,14H,3-6,11-13H2,1-2H3;1-2H,3-4H2,(H2,11,12,13);3*1H/q+1;;;;;/p-1/t15?,16-,17-,18+,19-,20+,22?;;;;;/m1...../s1. The van der Waals surface area contributed by atoms with Crippen molar-refractivity contribution in [1.82, 2.24) is 19.0 Å². The van der Waals surface area contributed by atoms with Gasteiger partial charge in [0.2, 0.25) is 0 Å². The minimum atomic E-state index is -0.595. The summed E-state index contributed by atoms with van der Waals surface area (Å²) in [7, 11) is 2.36. The van der Waals surface area contributed by atoms with Crippen LogP contribution in [0.1, 0.15) is 93.1 Å². The van der Waals surface area contributed by atoms with Crippen LogP contribution in [0.15, 0.2) is 71.7 Å². The van der Waals surface area contributed by atoms with Crippen LogP contribution in [0.5, 0.6) is 0 Å². The number of aryl methyl sites for hydroxylation is 1. The highest BCUT2D eigenvalue weighted by molar-refractivity contribution is 7.00. The predicted molar refractivity (Wildman–Crippen MR) is 258 cm³/mol. The van der Waals surface area contributed by atoms with Crippen LogP contribution in [0.3, 0.4) is 0 Å². The number of quaternary nitrogens is 1. The number of nitrogens with one attached hydrogen (secondary N) is 2. The third-order valence-corrected chi connectivity index (χ3v) is 14.0. The number of aliphatic imine (C=N–C) groups is 1. The molecule has 9 rings (SSSR count). The molecule has 3 unspecified atom stereocenters. The molecule has 3 N–H and O–H groups in total. The summed E-state index contributed by atoms with van der Waals surface area (Å²) in [4.78, 5) is 31.8. The Bertz CT molecular complexity index is 2100. The summed E-state index contributed by atoms with van der Waals surface area (Å²) in [6.07, 6.45) is 9.77. The molecule has 1 aromatic heterocycles. The monoisotopic (exact) mass is 1020 g/mol. The van der Waals surface area contributed by atoms with Gasteiger partial charge in [0, 0.05) is 37.4 Å². The van der Waals surface area contributed by atoms with Crippen LogP contribution in [0, 0.1) is 5.92 Å². The Morgan fingerprint density at radius 3 is 2.30 bits per heavy atom. The van der Waals surface area contributed by atoms with Gasteiger partial charge >= 0.3 is 5.97 Å². The number of morpholine rings is 1. The van der Waals surface area contributed by atoms with Gasteiger partial charge in [-0.1, -0.05) is 99.8 Å². The fourth-order valence-corrected chi connectivity index (χ4v) is 10.3. The number of aliphatic hydroxyl groups excluding tert-OH is 1. The fourth-order valence-electron chi connectivity index (χ4n) is 9.58. The third kappa shape index (κ3) is 12.9. The number of hydrogen-bond donors (Lipinski definition) is 3. The third-order valence-electron chi connectivity index (χ3n) is 13.2. The molecule has 4 aromatic rings. The maximum atomic E-state index is 12.7. The van der Waals surface area contributed by atoms with Crippen LogP contribution in [0.25, 0.3) is 11.0 Å². The smallest absolute Gasteiger partial charge is 0.316 e. The molecule has 4 saturated heterocycles. The number of aromatic nitrogens is 2. The number of ketones is 1. The fraction of sp³-hybridized carbons (Fsp3) is 0.553. The number of nitrogens with zero attached hydrogens (tertiary/aromatic N) is 5. The lowest BCUT2D eigenvalue weighted by molar-refractivity contribution is -0.956. The summed E-state index contributed by atoms with van der Waals surface area (Å²) in [5, 5.41) is 16.6. The number of likely N-dealkylation sites (N-methyl/N-ethyl adjacent to an activating group) is 1. The molecule has 0 amide bonds. The average Bonchev–Trinajstić information content (AvgIpc) is 3.55. The van der Waals surface area contributed by atoms with Gasteiger partial charge in [-0.3, -0.25) is 14.6 Å². The number of epoxide rings is 1. The van der Waals surface area contributed by atoms with Crippen LogP contribution in [-0.2, 0) is 20.7 Å². The number of anilines is 1. The molecule has 2 bridgehead atoms. The first-order chi connectivity index (χ1) is 29.6. The first-order valence-corrected chi connectivity index (χ1v) is 23.4. The van der Waals surface area contributed by atoms with Crippen molar-refractivity contribution in [1.29, 1.82) is 0 Å². The Balaban J connectivity index is 0.000000212. The lowest BCUT2D eigenvalue weighted by atomic mass is 9.94. The van der Waals surface area contributed by atoms with Crippen molar-refractivity contribution in [3.8, 4) is 0 Å². The summed E-state index contributed by atoms with van der Waals surface area (Å²) >= 11 is 7.30. The van der Waals surface area contributed by atoms with Gasteiger partial charge in [-0.05, 0) is 62.0 Å². The molecule has 352 valence electrons. The predicted octanol–water partition coefficient (Wildman–Crippen LogP) is 5.35. The Morgan fingerprint density at radius 1 is 1.00 bits per heavy atom. The van der Waals surface area contributed by atoms with Gasteiger partial charge in [0.25, 0.3) is 0 Å². The molecule has 6 heterocycles. The first kappa shape index (κ1) is 53.7. The zero-order valence-electron chi connectivity index (χ0n) is 37.3. The molecule has 0 saturated carbocycles. The molecule has 3 aromatic carbocycles. The average molecular weight is 1030 g/mol. The second-order valence-electron chi connectivity index (χ2n) is 17.3. The Kier molecular flexibility index (Phi) is 21.2. The number of likely N-dealkylation sites (tertiary alicyclic amines) is 1. The van der Waals surface area contributed by atoms with Crippen molar-refractivity contribution in [2.24, 2.45) is 10.9 Å². The number of rotatable bonds is 13. The zero-order valence-corrected chi connectivity index (χ0v) is 42.1. The van der Waals surface area contributed by atoms with Crippen LogP contribution < -0.4 is 27.6 Å². The first-order valence-electron chi connectivity index (χ1n) is 22.3. The SMILES string of the molecule is CCCC[N+]1(C)[C@@H]2CC(OC(=O)[C@H](CO)c3ccccc3)C[C@H]1[C@@H]1O[C@@H]12.CCc1ccc(C(=O)C(C)CN2CCCCC2)cc1.Cl.Cl.Clc1ccc2nsnc2c1NC1=NCCN1.[Br-]. The quantitative estimate of drug-likeness (QED) is 0.0696. The highest BCUT2D eigenvalue weighted by Gasteiger charge is 2.71. The number of carbonyl (C=O) groups is 2. The highest BCUT2D eigenvalue weighted by Crippen LogP contribution is 2.53. The lowest BCUT2D eigenvalue weighted by Crippen LogP contribution is -3.00. The number of unbranched alkanes of at least 4 members (excludes halogenated alkanes) is 1. The molecule has 64 heavy (non-hydrogen) atoms. The van der Waals surface area contributed by atoms with E-state index in [1.165, 1.54) is 55.9 Å². The molecular weight excluding hydrogens is 961 g/mol. The van der Waals surface area contributed by atoms with E-state index in [0.29, 0.717) is 29.3 Å². The van der Waals surface area contributed by atoms with E-state index in [1.54, 1.807) is 0 Å².